The van der Waals surface area contributed by atoms with Gasteiger partial charge in [0.05, 0.1) is 29.9 Å². The van der Waals surface area contributed by atoms with Gasteiger partial charge in [-0.15, -0.1) is 16.4 Å². The molecule has 2 atom stereocenters. The molecule has 2 N–H and O–H groups in total. The van der Waals surface area contributed by atoms with Crippen LogP contribution in [0.15, 0.2) is 71.2 Å². The maximum atomic E-state index is 12.9. The Labute approximate surface area is 206 Å². The lowest BCUT2D eigenvalue weighted by Gasteiger charge is -2.13. The van der Waals surface area contributed by atoms with E-state index in [2.05, 4.69) is 20.0 Å². The van der Waals surface area contributed by atoms with Crippen molar-refractivity contribution in [3.05, 3.63) is 78.2 Å². The summed E-state index contributed by atoms with van der Waals surface area (Å²) in [7, 11) is -2.29. The first-order valence-electron chi connectivity index (χ1n) is 10.6. The molecule has 0 spiro atoms. The zero-order valence-corrected chi connectivity index (χ0v) is 20.5. The number of rotatable bonds is 10. The van der Waals surface area contributed by atoms with Crippen LogP contribution in [0.1, 0.15) is 30.3 Å². The van der Waals surface area contributed by atoms with Crippen molar-refractivity contribution in [3.8, 4) is 16.3 Å². The summed E-state index contributed by atoms with van der Waals surface area (Å²) in [5, 5.41) is 17.7. The van der Waals surface area contributed by atoms with Crippen molar-refractivity contribution in [3.63, 3.8) is 0 Å². The number of nitrogens with zero attached hydrogens (tertiary/aromatic N) is 4. The Morgan fingerprint density at radius 3 is 2.60 bits per heavy atom. The van der Waals surface area contributed by atoms with Crippen LogP contribution in [0, 0.1) is 0 Å². The Morgan fingerprint density at radius 2 is 1.94 bits per heavy atom. The van der Waals surface area contributed by atoms with Crippen molar-refractivity contribution in [1.82, 2.24) is 24.7 Å². The molecule has 3 aromatic heterocycles. The average molecular weight is 514 g/mol. The molecule has 0 saturated heterocycles. The second-order valence-corrected chi connectivity index (χ2v) is 10.7. The van der Waals surface area contributed by atoms with Crippen LogP contribution in [0.3, 0.4) is 0 Å². The molecule has 4 rings (SSSR count). The van der Waals surface area contributed by atoms with Gasteiger partial charge in [0.25, 0.3) is 10.0 Å². The quantitative estimate of drug-likeness (QED) is 0.330. The van der Waals surface area contributed by atoms with Crippen LogP contribution in [0.2, 0.25) is 0 Å². The van der Waals surface area contributed by atoms with E-state index in [1.807, 2.05) is 6.07 Å². The Bertz CT molecular complexity index is 1400. The van der Waals surface area contributed by atoms with Gasteiger partial charge < -0.3 is 9.84 Å². The molecule has 0 fully saturated rings. The number of benzene rings is 1. The first-order chi connectivity index (χ1) is 16.8. The molecule has 10 nitrogen and oxygen atoms in total. The number of aliphatic carboxylic acids is 1. The molecule has 182 valence electrons. The zero-order valence-electron chi connectivity index (χ0n) is 18.9. The van der Waals surface area contributed by atoms with E-state index < -0.39 is 28.1 Å². The highest BCUT2D eigenvalue weighted by molar-refractivity contribution is 7.91. The van der Waals surface area contributed by atoms with Crippen LogP contribution in [0.4, 0.5) is 0 Å². The minimum Gasteiger partial charge on any atom is -0.497 e. The normalized spacial score (nSPS) is 13.3. The molecule has 3 heterocycles. The molecular weight excluding hydrogens is 490 g/mol. The number of hydrogen-bond acceptors (Lipinski definition) is 8. The van der Waals surface area contributed by atoms with Gasteiger partial charge in [0.15, 0.2) is 6.04 Å². The smallest absolute Gasteiger partial charge is 0.328 e. The molecule has 0 saturated carbocycles. The fourth-order valence-corrected chi connectivity index (χ4v) is 5.90. The number of aromatic nitrogens is 4. The summed E-state index contributed by atoms with van der Waals surface area (Å²) in [6.45, 7) is 1.62. The van der Waals surface area contributed by atoms with Crippen molar-refractivity contribution in [2.75, 3.05) is 7.11 Å². The van der Waals surface area contributed by atoms with Gasteiger partial charge in [-0.3, -0.25) is 4.98 Å². The Morgan fingerprint density at radius 1 is 1.17 bits per heavy atom. The SMILES string of the molecule is COc1ccc(CC(C(=O)O)n2cc(C(C)NS(=O)(=O)c3ccc(-c4ccccn4)s3)nn2)cc1. The van der Waals surface area contributed by atoms with Crippen LogP contribution >= 0.6 is 11.3 Å². The molecule has 12 heteroatoms. The lowest BCUT2D eigenvalue weighted by molar-refractivity contribution is -0.141. The number of pyridine rings is 1. The molecule has 0 bridgehead atoms. The summed E-state index contributed by atoms with van der Waals surface area (Å²) < 4.78 is 34.9. The standard InChI is InChI=1S/C23H23N5O5S2/c1-15(26-35(31,32)22-11-10-21(34-22)18-5-3-4-12-24-18)19-14-28(27-25-19)20(23(29)30)13-16-6-8-17(33-2)9-7-16/h3-12,14-15,20,26H,13H2,1-2H3,(H,29,30). The van der Waals surface area contributed by atoms with Crippen molar-refractivity contribution >= 4 is 27.3 Å². The van der Waals surface area contributed by atoms with Crippen molar-refractivity contribution in [2.24, 2.45) is 0 Å². The Kier molecular flexibility index (Phi) is 7.24. The molecule has 1 aromatic carbocycles. The summed E-state index contributed by atoms with van der Waals surface area (Å²) in [6.07, 6.45) is 3.27. The lowest BCUT2D eigenvalue weighted by atomic mass is 10.1. The van der Waals surface area contributed by atoms with Gasteiger partial charge in [0.1, 0.15) is 15.7 Å². The molecule has 0 aliphatic heterocycles. The van der Waals surface area contributed by atoms with Gasteiger partial charge in [0.2, 0.25) is 0 Å². The molecule has 35 heavy (non-hydrogen) atoms. The fraction of sp³-hybridized carbons (Fsp3) is 0.217. The largest absolute Gasteiger partial charge is 0.497 e. The summed E-state index contributed by atoms with van der Waals surface area (Å²) in [5.74, 6) is -0.409. The van der Waals surface area contributed by atoms with Crippen molar-refractivity contribution in [1.29, 1.82) is 0 Å². The second kappa shape index (κ2) is 10.3. The number of hydrogen-bond donors (Lipinski definition) is 2. The van der Waals surface area contributed by atoms with Crippen LogP contribution in [-0.2, 0) is 21.2 Å². The third kappa shape index (κ3) is 5.73. The topological polar surface area (TPSA) is 136 Å². The lowest BCUT2D eigenvalue weighted by Crippen LogP contribution is -2.26. The summed E-state index contributed by atoms with van der Waals surface area (Å²) in [6, 6.07) is 14.0. The van der Waals surface area contributed by atoms with E-state index in [1.165, 1.54) is 16.9 Å². The maximum absolute atomic E-state index is 12.9. The minimum absolute atomic E-state index is 0.139. The molecule has 0 aliphatic rings. The first kappa shape index (κ1) is 24.5. The molecular formula is C23H23N5O5S2. The molecule has 4 aromatic rings. The average Bonchev–Trinajstić information content (AvgIpc) is 3.54. The predicted molar refractivity (Wildman–Crippen MR) is 130 cm³/mol. The number of methoxy groups -OCH3 is 1. The van der Waals surface area contributed by atoms with Crippen LogP contribution in [0.5, 0.6) is 5.75 Å². The van der Waals surface area contributed by atoms with Gasteiger partial charge in [-0.05, 0) is 48.9 Å². The van der Waals surface area contributed by atoms with Crippen molar-refractivity contribution in [2.45, 2.75) is 29.6 Å². The first-order valence-corrected chi connectivity index (χ1v) is 12.9. The molecule has 2 unspecified atom stereocenters. The van der Waals surface area contributed by atoms with Crippen LogP contribution < -0.4 is 9.46 Å². The zero-order chi connectivity index (χ0) is 25.0. The highest BCUT2D eigenvalue weighted by Crippen LogP contribution is 2.30. The molecule has 0 aliphatic carbocycles. The van der Waals surface area contributed by atoms with Crippen LogP contribution in [-0.4, -0.2) is 46.6 Å². The summed E-state index contributed by atoms with van der Waals surface area (Å²) >= 11 is 1.11. The van der Waals surface area contributed by atoms with Gasteiger partial charge in [-0.25, -0.2) is 22.6 Å². The second-order valence-electron chi connectivity index (χ2n) is 7.71. The van der Waals surface area contributed by atoms with E-state index in [1.54, 1.807) is 62.7 Å². The van der Waals surface area contributed by atoms with E-state index in [0.29, 0.717) is 17.1 Å². The number of carboxylic acid groups (broad SMARTS) is 1. The summed E-state index contributed by atoms with van der Waals surface area (Å²) in [4.78, 5) is 16.9. The third-order valence-corrected chi connectivity index (χ3v) is 8.40. The Hall–Kier alpha value is -3.61. The Balaban J connectivity index is 1.48. The number of sulfonamides is 1. The molecule has 0 amide bonds. The van der Waals surface area contributed by atoms with Gasteiger partial charge in [-0.2, -0.15) is 0 Å². The van der Waals surface area contributed by atoms with Gasteiger partial charge in [-0.1, -0.05) is 23.4 Å². The third-order valence-electron chi connectivity index (χ3n) is 5.26. The number of thiophene rings is 1. The number of ether oxygens (including phenoxy) is 1. The minimum atomic E-state index is -3.84. The highest BCUT2D eigenvalue weighted by Gasteiger charge is 2.26. The van der Waals surface area contributed by atoms with E-state index in [4.69, 9.17) is 4.74 Å². The number of carbonyl (C=O) groups is 1. The predicted octanol–water partition coefficient (Wildman–Crippen LogP) is 3.32. The van der Waals surface area contributed by atoms with E-state index in [9.17, 15) is 18.3 Å². The molecule has 0 radical (unpaired) electrons. The van der Waals surface area contributed by atoms with E-state index in [0.717, 1.165) is 21.8 Å². The van der Waals surface area contributed by atoms with Gasteiger partial charge >= 0.3 is 5.97 Å². The number of nitrogens with one attached hydrogen (secondary N) is 1. The maximum Gasteiger partial charge on any atom is 0.328 e. The number of carboxylic acids is 1. The van der Waals surface area contributed by atoms with Crippen molar-refractivity contribution < 1.29 is 23.1 Å². The monoisotopic (exact) mass is 513 g/mol. The van der Waals surface area contributed by atoms with Crippen LogP contribution in [0.25, 0.3) is 10.6 Å². The summed E-state index contributed by atoms with van der Waals surface area (Å²) in [5.41, 5.74) is 1.77. The van der Waals surface area contributed by atoms with E-state index in [-0.39, 0.29) is 10.6 Å². The van der Waals surface area contributed by atoms with E-state index >= 15 is 0 Å². The van der Waals surface area contributed by atoms with Gasteiger partial charge in [0, 0.05) is 12.6 Å². The highest BCUT2D eigenvalue weighted by atomic mass is 32.2. The fourth-order valence-electron chi connectivity index (χ4n) is 3.38.